The maximum atomic E-state index is 14.2. The maximum Gasteiger partial charge on any atom is 0.169 e. The van der Waals surface area contributed by atoms with Crippen molar-refractivity contribution in [1.82, 2.24) is 0 Å². The summed E-state index contributed by atoms with van der Waals surface area (Å²) < 4.78 is 0. The topological polar surface area (TPSA) is 43.1 Å². The van der Waals surface area contributed by atoms with Crippen molar-refractivity contribution in [2.45, 2.75) is 17.9 Å². The lowest BCUT2D eigenvalue weighted by Crippen LogP contribution is -2.49. The van der Waals surface area contributed by atoms with Crippen LogP contribution >= 0.6 is 0 Å². The minimum atomic E-state index is -0.974. The van der Waals surface area contributed by atoms with Crippen LogP contribution in [0.1, 0.15) is 22.3 Å². The number of ketones is 1. The summed E-state index contributed by atoms with van der Waals surface area (Å²) in [6.45, 7) is 0. The number of hydrogen-bond donors (Lipinski definition) is 1. The molecule has 0 spiro atoms. The fourth-order valence-electron chi connectivity index (χ4n) is 4.23. The van der Waals surface area contributed by atoms with Crippen LogP contribution in [0.15, 0.2) is 121 Å². The van der Waals surface area contributed by atoms with Gasteiger partial charge in [-0.2, -0.15) is 0 Å². The van der Waals surface area contributed by atoms with E-state index in [0.29, 0.717) is 6.42 Å². The fraction of sp³-hybridized carbons (Fsp3) is 0.107. The summed E-state index contributed by atoms with van der Waals surface area (Å²) in [7, 11) is 0. The van der Waals surface area contributed by atoms with Gasteiger partial charge in [0.25, 0.3) is 0 Å². The Balaban J connectivity index is 1.91. The average Bonchev–Trinajstić information content (AvgIpc) is 2.82. The lowest BCUT2D eigenvalue weighted by molar-refractivity contribution is -0.123. The Labute approximate surface area is 178 Å². The van der Waals surface area contributed by atoms with Crippen molar-refractivity contribution in [3.05, 3.63) is 144 Å². The Bertz CT molecular complexity index is 980. The van der Waals surface area contributed by atoms with E-state index in [9.17, 15) is 4.79 Å². The molecule has 4 aromatic carbocycles. The van der Waals surface area contributed by atoms with Crippen molar-refractivity contribution < 1.29 is 4.79 Å². The van der Waals surface area contributed by atoms with E-state index >= 15 is 0 Å². The quantitative estimate of drug-likeness (QED) is 0.442. The molecule has 0 aliphatic rings. The van der Waals surface area contributed by atoms with Gasteiger partial charge < -0.3 is 5.73 Å². The molecule has 0 fully saturated rings. The van der Waals surface area contributed by atoms with Crippen LogP contribution in [0.4, 0.5) is 0 Å². The van der Waals surface area contributed by atoms with Crippen LogP contribution in [0, 0.1) is 0 Å². The normalized spacial score (nSPS) is 12.3. The minimum absolute atomic E-state index is 0.00467. The summed E-state index contributed by atoms with van der Waals surface area (Å²) in [5.74, 6) is -0.00467. The van der Waals surface area contributed by atoms with Gasteiger partial charge in [-0.05, 0) is 28.7 Å². The average molecular weight is 392 g/mol. The first-order valence-corrected chi connectivity index (χ1v) is 10.2. The van der Waals surface area contributed by atoms with Crippen LogP contribution in [0.2, 0.25) is 0 Å². The number of carbonyl (C=O) groups is 1. The lowest BCUT2D eigenvalue weighted by Gasteiger charge is -2.36. The van der Waals surface area contributed by atoms with Crippen molar-refractivity contribution in [3.63, 3.8) is 0 Å². The molecule has 0 aliphatic heterocycles. The Kier molecular flexibility index (Phi) is 5.87. The molecule has 0 unspecified atom stereocenters. The molecule has 1 atom stereocenters. The molecule has 4 rings (SSSR count). The molecule has 148 valence electrons. The zero-order valence-electron chi connectivity index (χ0n) is 16.8. The summed E-state index contributed by atoms with van der Waals surface area (Å²) in [5.41, 5.74) is 9.46. The van der Waals surface area contributed by atoms with Crippen LogP contribution in [-0.4, -0.2) is 11.8 Å². The molecule has 0 heterocycles. The zero-order valence-corrected chi connectivity index (χ0v) is 16.8. The molecule has 0 bridgehead atoms. The molecular weight excluding hydrogens is 366 g/mol. The molecule has 0 radical (unpaired) electrons. The van der Waals surface area contributed by atoms with E-state index in [1.165, 1.54) is 0 Å². The first-order valence-electron chi connectivity index (χ1n) is 10.2. The molecule has 4 aromatic rings. The van der Waals surface area contributed by atoms with Crippen molar-refractivity contribution in [2.75, 3.05) is 0 Å². The van der Waals surface area contributed by atoms with Gasteiger partial charge in [0.15, 0.2) is 5.78 Å². The molecular formula is C28H25NO. The number of benzene rings is 4. The highest BCUT2D eigenvalue weighted by atomic mass is 16.1. The summed E-state index contributed by atoms with van der Waals surface area (Å²) in [4.78, 5) is 14.2. The minimum Gasteiger partial charge on any atom is -0.321 e. The van der Waals surface area contributed by atoms with Crippen molar-refractivity contribution >= 4 is 5.78 Å². The zero-order chi connectivity index (χ0) is 20.8. The summed E-state index contributed by atoms with van der Waals surface area (Å²) in [5, 5.41) is 0. The van der Waals surface area contributed by atoms with Crippen LogP contribution in [0.25, 0.3) is 0 Å². The van der Waals surface area contributed by atoms with E-state index < -0.39 is 11.5 Å². The van der Waals surface area contributed by atoms with Crippen LogP contribution < -0.4 is 5.73 Å². The largest absolute Gasteiger partial charge is 0.321 e. The van der Waals surface area contributed by atoms with Gasteiger partial charge in [-0.1, -0.05) is 121 Å². The number of Topliss-reactive ketones (excluding diaryl/α,β-unsaturated/α-hetero) is 1. The second-order valence-corrected chi connectivity index (χ2v) is 7.51. The van der Waals surface area contributed by atoms with Gasteiger partial charge >= 0.3 is 0 Å². The molecule has 2 N–H and O–H groups in total. The lowest BCUT2D eigenvalue weighted by atomic mass is 9.64. The van der Waals surface area contributed by atoms with Crippen molar-refractivity contribution in [2.24, 2.45) is 5.73 Å². The van der Waals surface area contributed by atoms with Crippen LogP contribution in [0.5, 0.6) is 0 Å². The Morgan fingerprint density at radius 2 is 0.933 bits per heavy atom. The molecule has 0 aliphatic carbocycles. The predicted molar refractivity (Wildman–Crippen MR) is 122 cm³/mol. The van der Waals surface area contributed by atoms with Gasteiger partial charge in [-0.3, -0.25) is 4.79 Å². The Hall–Kier alpha value is -3.49. The van der Waals surface area contributed by atoms with Crippen LogP contribution in [0.3, 0.4) is 0 Å². The highest BCUT2D eigenvalue weighted by Crippen LogP contribution is 2.41. The van der Waals surface area contributed by atoms with Gasteiger partial charge in [-0.15, -0.1) is 0 Å². The molecule has 2 heteroatoms. The first kappa shape index (κ1) is 19.8. The standard InChI is InChI=1S/C28H25NO/c29-26(21-22-13-5-1-6-14-22)27(30)28(23-15-7-2-8-16-23,24-17-9-3-10-18-24)25-19-11-4-12-20-25/h1-20,26H,21,29H2/t26-/m0/s1. The van der Waals surface area contributed by atoms with Crippen molar-refractivity contribution in [1.29, 1.82) is 0 Å². The SMILES string of the molecule is N[C@@H](Cc1ccccc1)C(=O)C(c1ccccc1)(c1ccccc1)c1ccccc1. The van der Waals surface area contributed by atoms with Gasteiger partial charge in [-0.25, -0.2) is 0 Å². The molecule has 0 amide bonds. The fourth-order valence-corrected chi connectivity index (χ4v) is 4.23. The monoisotopic (exact) mass is 391 g/mol. The third-order valence-electron chi connectivity index (χ3n) is 5.63. The third kappa shape index (κ3) is 3.70. The second kappa shape index (κ2) is 8.89. The van der Waals surface area contributed by atoms with Crippen LogP contribution in [-0.2, 0) is 16.6 Å². The summed E-state index contributed by atoms with van der Waals surface area (Å²) in [6, 6.07) is 39.2. The number of nitrogens with two attached hydrogens (primary N) is 1. The Morgan fingerprint density at radius 1 is 0.600 bits per heavy atom. The maximum absolute atomic E-state index is 14.2. The highest BCUT2D eigenvalue weighted by molar-refractivity contribution is 6.01. The van der Waals surface area contributed by atoms with E-state index in [2.05, 4.69) is 0 Å². The van der Waals surface area contributed by atoms with E-state index in [1.54, 1.807) is 0 Å². The van der Waals surface area contributed by atoms with Gasteiger partial charge in [0, 0.05) is 0 Å². The third-order valence-corrected chi connectivity index (χ3v) is 5.63. The summed E-state index contributed by atoms with van der Waals surface area (Å²) >= 11 is 0. The van der Waals surface area contributed by atoms with Crippen molar-refractivity contribution in [3.8, 4) is 0 Å². The summed E-state index contributed by atoms with van der Waals surface area (Å²) in [6.07, 6.45) is 0.494. The number of carbonyl (C=O) groups excluding carboxylic acids is 1. The van der Waals surface area contributed by atoms with E-state index in [-0.39, 0.29) is 5.78 Å². The second-order valence-electron chi connectivity index (χ2n) is 7.51. The molecule has 30 heavy (non-hydrogen) atoms. The van der Waals surface area contributed by atoms with E-state index in [1.807, 2.05) is 121 Å². The van der Waals surface area contributed by atoms with Gasteiger partial charge in [0.1, 0.15) is 5.41 Å². The Morgan fingerprint density at radius 3 is 1.30 bits per heavy atom. The molecule has 0 saturated heterocycles. The number of rotatable bonds is 7. The van der Waals surface area contributed by atoms with E-state index in [0.717, 1.165) is 22.3 Å². The van der Waals surface area contributed by atoms with E-state index in [4.69, 9.17) is 5.73 Å². The highest BCUT2D eigenvalue weighted by Gasteiger charge is 2.45. The van der Waals surface area contributed by atoms with Gasteiger partial charge in [0.2, 0.25) is 0 Å². The van der Waals surface area contributed by atoms with Gasteiger partial charge in [0.05, 0.1) is 6.04 Å². The predicted octanol–water partition coefficient (Wildman–Crippen LogP) is 5.16. The smallest absolute Gasteiger partial charge is 0.169 e. The first-order chi connectivity index (χ1) is 14.7. The molecule has 0 aromatic heterocycles. The molecule has 0 saturated carbocycles. The molecule has 2 nitrogen and oxygen atoms in total. The number of hydrogen-bond acceptors (Lipinski definition) is 2.